The first-order chi connectivity index (χ1) is 12.0. The number of para-hydroxylation sites is 1. The molecular formula is C20H24ClNO2S. The Morgan fingerprint density at radius 3 is 2.48 bits per heavy atom. The lowest BCUT2D eigenvalue weighted by molar-refractivity contribution is -0.120. The van der Waals surface area contributed by atoms with Crippen LogP contribution in [0.4, 0.5) is 0 Å². The Bertz CT molecular complexity index is 688. The molecule has 0 saturated carbocycles. The number of nitrogens with one attached hydrogen (secondary N) is 1. The lowest BCUT2D eigenvalue weighted by Gasteiger charge is -2.15. The number of hydrogen-bond donors (Lipinski definition) is 1. The van der Waals surface area contributed by atoms with Gasteiger partial charge in [0.25, 0.3) is 0 Å². The van der Waals surface area contributed by atoms with Crippen LogP contribution >= 0.6 is 23.4 Å². The molecule has 0 bridgehead atoms. The zero-order valence-corrected chi connectivity index (χ0v) is 16.4. The van der Waals surface area contributed by atoms with Crippen LogP contribution in [0, 0.1) is 0 Å². The molecule has 2 aromatic carbocycles. The second-order valence-corrected chi connectivity index (χ2v) is 7.90. The molecule has 134 valence electrons. The fourth-order valence-electron chi connectivity index (χ4n) is 2.34. The Labute approximate surface area is 159 Å². The van der Waals surface area contributed by atoms with Crippen molar-refractivity contribution in [2.75, 3.05) is 13.2 Å². The summed E-state index contributed by atoms with van der Waals surface area (Å²) >= 11 is 7.38. The van der Waals surface area contributed by atoms with Crippen molar-refractivity contribution in [1.82, 2.24) is 5.32 Å². The van der Waals surface area contributed by atoms with Crippen LogP contribution in [0.5, 0.6) is 5.75 Å². The van der Waals surface area contributed by atoms with Gasteiger partial charge in [0.05, 0.1) is 11.8 Å². The third kappa shape index (κ3) is 6.29. The number of rotatable bonds is 8. The van der Waals surface area contributed by atoms with Crippen molar-refractivity contribution in [2.45, 2.75) is 36.8 Å². The molecule has 1 N–H and O–H groups in total. The summed E-state index contributed by atoms with van der Waals surface area (Å²) in [6.45, 7) is 7.10. The summed E-state index contributed by atoms with van der Waals surface area (Å²) in [5.74, 6) is 1.29. The van der Waals surface area contributed by atoms with Crippen LogP contribution in [0.2, 0.25) is 5.02 Å². The maximum absolute atomic E-state index is 12.2. The summed E-state index contributed by atoms with van der Waals surface area (Å²) in [7, 11) is 0. The molecular weight excluding hydrogens is 354 g/mol. The third-order valence-electron chi connectivity index (χ3n) is 3.70. The summed E-state index contributed by atoms with van der Waals surface area (Å²) < 4.78 is 5.82. The van der Waals surface area contributed by atoms with E-state index in [0.717, 1.165) is 10.6 Å². The molecule has 0 heterocycles. The average molecular weight is 378 g/mol. The van der Waals surface area contributed by atoms with Crippen molar-refractivity contribution in [3.05, 3.63) is 59.1 Å². The molecule has 0 spiro atoms. The molecule has 1 atom stereocenters. The molecule has 0 aliphatic rings. The Morgan fingerprint density at radius 1 is 1.12 bits per heavy atom. The number of amides is 1. The monoisotopic (exact) mass is 377 g/mol. The molecule has 5 heteroatoms. The summed E-state index contributed by atoms with van der Waals surface area (Å²) in [5, 5.41) is 3.44. The molecule has 2 rings (SSSR count). The number of hydrogen-bond acceptors (Lipinski definition) is 3. The Hall–Kier alpha value is -1.65. The SMILES string of the molecule is CC(Sc1ccc(Cl)cc1)C(=O)NCCOc1ccccc1C(C)C. The van der Waals surface area contributed by atoms with Gasteiger partial charge in [-0.1, -0.05) is 43.6 Å². The summed E-state index contributed by atoms with van der Waals surface area (Å²) in [5.41, 5.74) is 1.18. The Kier molecular flexibility index (Phi) is 7.66. The first kappa shape index (κ1) is 19.7. The molecule has 1 amide bonds. The van der Waals surface area contributed by atoms with E-state index in [2.05, 4.69) is 25.2 Å². The topological polar surface area (TPSA) is 38.3 Å². The Balaban J connectivity index is 1.76. The zero-order chi connectivity index (χ0) is 18.2. The second kappa shape index (κ2) is 9.73. The number of halogens is 1. The van der Waals surface area contributed by atoms with Gasteiger partial charge in [0.15, 0.2) is 0 Å². The maximum Gasteiger partial charge on any atom is 0.233 e. The van der Waals surface area contributed by atoms with Gasteiger partial charge < -0.3 is 10.1 Å². The molecule has 0 aromatic heterocycles. The molecule has 0 aliphatic heterocycles. The molecule has 0 saturated heterocycles. The van der Waals surface area contributed by atoms with E-state index in [9.17, 15) is 4.79 Å². The van der Waals surface area contributed by atoms with E-state index in [-0.39, 0.29) is 11.2 Å². The normalized spacial score (nSPS) is 12.0. The number of thioether (sulfide) groups is 1. The standard InChI is InChI=1S/C20H24ClNO2S/c1-14(2)18-6-4-5-7-19(18)24-13-12-22-20(23)15(3)25-17-10-8-16(21)9-11-17/h4-11,14-15H,12-13H2,1-3H3,(H,22,23). The van der Waals surface area contributed by atoms with E-state index in [1.54, 1.807) is 0 Å². The van der Waals surface area contributed by atoms with Crippen LogP contribution in [-0.2, 0) is 4.79 Å². The van der Waals surface area contributed by atoms with Gasteiger partial charge >= 0.3 is 0 Å². The van der Waals surface area contributed by atoms with Gasteiger partial charge in [0.2, 0.25) is 5.91 Å². The summed E-state index contributed by atoms with van der Waals surface area (Å²) in [4.78, 5) is 13.2. The molecule has 25 heavy (non-hydrogen) atoms. The van der Waals surface area contributed by atoms with Crippen molar-refractivity contribution in [2.24, 2.45) is 0 Å². The van der Waals surface area contributed by atoms with Crippen LogP contribution in [0.1, 0.15) is 32.3 Å². The molecule has 0 fully saturated rings. The van der Waals surface area contributed by atoms with Crippen molar-refractivity contribution in [3.63, 3.8) is 0 Å². The second-order valence-electron chi connectivity index (χ2n) is 6.05. The predicted octanol–water partition coefficient (Wildman–Crippen LogP) is 5.14. The van der Waals surface area contributed by atoms with Crippen LogP contribution in [0.15, 0.2) is 53.4 Å². The maximum atomic E-state index is 12.2. The Morgan fingerprint density at radius 2 is 1.80 bits per heavy atom. The smallest absolute Gasteiger partial charge is 0.233 e. The molecule has 3 nitrogen and oxygen atoms in total. The van der Waals surface area contributed by atoms with Crippen LogP contribution < -0.4 is 10.1 Å². The third-order valence-corrected chi connectivity index (χ3v) is 5.06. The fraction of sp³-hybridized carbons (Fsp3) is 0.350. The number of carbonyl (C=O) groups is 1. The van der Waals surface area contributed by atoms with E-state index in [1.165, 1.54) is 17.3 Å². The highest BCUT2D eigenvalue weighted by Crippen LogP contribution is 2.26. The predicted molar refractivity (Wildman–Crippen MR) is 106 cm³/mol. The van der Waals surface area contributed by atoms with Gasteiger partial charge in [0.1, 0.15) is 12.4 Å². The van der Waals surface area contributed by atoms with Crippen LogP contribution in [-0.4, -0.2) is 24.3 Å². The van der Waals surface area contributed by atoms with Crippen molar-refractivity contribution >= 4 is 29.3 Å². The summed E-state index contributed by atoms with van der Waals surface area (Å²) in [6.07, 6.45) is 0. The fourth-order valence-corrected chi connectivity index (χ4v) is 3.36. The van der Waals surface area contributed by atoms with Gasteiger partial charge in [0, 0.05) is 9.92 Å². The number of benzene rings is 2. The van der Waals surface area contributed by atoms with Crippen LogP contribution in [0.3, 0.4) is 0 Å². The van der Waals surface area contributed by atoms with E-state index in [4.69, 9.17) is 16.3 Å². The van der Waals surface area contributed by atoms with E-state index in [0.29, 0.717) is 24.1 Å². The van der Waals surface area contributed by atoms with E-state index < -0.39 is 0 Å². The zero-order valence-electron chi connectivity index (χ0n) is 14.8. The summed E-state index contributed by atoms with van der Waals surface area (Å²) in [6, 6.07) is 15.5. The van der Waals surface area contributed by atoms with Crippen molar-refractivity contribution in [3.8, 4) is 5.75 Å². The highest BCUT2D eigenvalue weighted by Gasteiger charge is 2.14. The van der Waals surface area contributed by atoms with Gasteiger partial charge in [-0.15, -0.1) is 11.8 Å². The first-order valence-electron chi connectivity index (χ1n) is 8.39. The van der Waals surface area contributed by atoms with Gasteiger partial charge in [-0.25, -0.2) is 0 Å². The quantitative estimate of drug-likeness (QED) is 0.511. The van der Waals surface area contributed by atoms with Crippen molar-refractivity contribution in [1.29, 1.82) is 0 Å². The van der Waals surface area contributed by atoms with Crippen molar-refractivity contribution < 1.29 is 9.53 Å². The lowest BCUT2D eigenvalue weighted by atomic mass is 10.0. The molecule has 1 unspecified atom stereocenters. The minimum atomic E-state index is -0.177. The van der Waals surface area contributed by atoms with Gasteiger partial charge in [-0.05, 0) is 48.7 Å². The van der Waals surface area contributed by atoms with E-state index >= 15 is 0 Å². The first-order valence-corrected chi connectivity index (χ1v) is 9.65. The van der Waals surface area contributed by atoms with E-state index in [1.807, 2.05) is 49.4 Å². The molecule has 2 aromatic rings. The van der Waals surface area contributed by atoms with Crippen LogP contribution in [0.25, 0.3) is 0 Å². The molecule has 0 radical (unpaired) electrons. The largest absolute Gasteiger partial charge is 0.491 e. The van der Waals surface area contributed by atoms with Gasteiger partial charge in [-0.3, -0.25) is 4.79 Å². The minimum Gasteiger partial charge on any atom is -0.491 e. The highest BCUT2D eigenvalue weighted by molar-refractivity contribution is 8.00. The lowest BCUT2D eigenvalue weighted by Crippen LogP contribution is -2.34. The highest BCUT2D eigenvalue weighted by atomic mass is 35.5. The number of carbonyl (C=O) groups excluding carboxylic acids is 1. The number of ether oxygens (including phenoxy) is 1. The molecule has 0 aliphatic carbocycles. The average Bonchev–Trinajstić information content (AvgIpc) is 2.60. The minimum absolute atomic E-state index is 0.000643. The van der Waals surface area contributed by atoms with Gasteiger partial charge in [-0.2, -0.15) is 0 Å².